The SMILES string of the molecule is CCOC(=O)c1cccc(NC(=O)CCNC(=O)[C@@H](Br)CC)c1. The van der Waals surface area contributed by atoms with Gasteiger partial charge < -0.3 is 15.4 Å². The minimum atomic E-state index is -0.432. The van der Waals surface area contributed by atoms with Crippen LogP contribution in [0, 0.1) is 0 Å². The van der Waals surface area contributed by atoms with Crippen LogP contribution in [0.25, 0.3) is 0 Å². The van der Waals surface area contributed by atoms with Crippen LogP contribution in [0.5, 0.6) is 0 Å². The molecule has 0 bridgehead atoms. The van der Waals surface area contributed by atoms with E-state index in [0.29, 0.717) is 24.3 Å². The molecule has 6 nitrogen and oxygen atoms in total. The number of carbonyl (C=O) groups is 3. The highest BCUT2D eigenvalue weighted by Gasteiger charge is 2.12. The van der Waals surface area contributed by atoms with Crippen molar-refractivity contribution < 1.29 is 19.1 Å². The summed E-state index contributed by atoms with van der Waals surface area (Å²) < 4.78 is 4.91. The van der Waals surface area contributed by atoms with E-state index in [4.69, 9.17) is 4.74 Å². The third-order valence-corrected chi connectivity index (χ3v) is 4.01. The molecule has 0 unspecified atom stereocenters. The number of amides is 2. The van der Waals surface area contributed by atoms with Gasteiger partial charge in [0.2, 0.25) is 11.8 Å². The first-order valence-corrected chi connectivity index (χ1v) is 8.38. The fourth-order valence-corrected chi connectivity index (χ4v) is 1.92. The summed E-state index contributed by atoms with van der Waals surface area (Å²) in [6.45, 7) is 4.17. The van der Waals surface area contributed by atoms with Crippen molar-refractivity contribution in [2.24, 2.45) is 0 Å². The fraction of sp³-hybridized carbons (Fsp3) is 0.438. The van der Waals surface area contributed by atoms with Crippen LogP contribution >= 0.6 is 15.9 Å². The number of rotatable bonds is 8. The van der Waals surface area contributed by atoms with Crippen LogP contribution in [0.3, 0.4) is 0 Å². The zero-order chi connectivity index (χ0) is 17.2. The number of anilines is 1. The number of halogens is 1. The molecule has 0 aliphatic carbocycles. The van der Waals surface area contributed by atoms with Crippen molar-refractivity contribution in [1.82, 2.24) is 5.32 Å². The van der Waals surface area contributed by atoms with E-state index >= 15 is 0 Å². The summed E-state index contributed by atoms with van der Waals surface area (Å²) in [5.41, 5.74) is 0.891. The summed E-state index contributed by atoms with van der Waals surface area (Å²) >= 11 is 3.24. The van der Waals surface area contributed by atoms with E-state index in [9.17, 15) is 14.4 Å². The molecule has 2 N–H and O–H groups in total. The maximum absolute atomic E-state index is 11.8. The second-order valence-electron chi connectivity index (χ2n) is 4.77. The molecule has 126 valence electrons. The van der Waals surface area contributed by atoms with Crippen molar-refractivity contribution in [2.45, 2.75) is 31.5 Å². The van der Waals surface area contributed by atoms with Gasteiger partial charge in [-0.25, -0.2) is 4.79 Å². The number of hydrogen-bond acceptors (Lipinski definition) is 4. The monoisotopic (exact) mass is 384 g/mol. The van der Waals surface area contributed by atoms with Gasteiger partial charge in [0.1, 0.15) is 0 Å². The largest absolute Gasteiger partial charge is 0.462 e. The van der Waals surface area contributed by atoms with E-state index in [2.05, 4.69) is 26.6 Å². The molecular formula is C16H21BrN2O4. The van der Waals surface area contributed by atoms with Gasteiger partial charge in [0.25, 0.3) is 0 Å². The number of nitrogens with one attached hydrogen (secondary N) is 2. The number of benzene rings is 1. The summed E-state index contributed by atoms with van der Waals surface area (Å²) in [7, 11) is 0. The molecule has 0 aliphatic rings. The predicted molar refractivity (Wildman–Crippen MR) is 91.7 cm³/mol. The molecule has 7 heteroatoms. The average molecular weight is 385 g/mol. The molecule has 0 saturated carbocycles. The maximum Gasteiger partial charge on any atom is 0.338 e. The molecule has 1 rings (SSSR count). The van der Waals surface area contributed by atoms with Gasteiger partial charge in [0, 0.05) is 18.7 Å². The van der Waals surface area contributed by atoms with E-state index < -0.39 is 5.97 Å². The van der Waals surface area contributed by atoms with Crippen LogP contribution in [0.1, 0.15) is 37.0 Å². The van der Waals surface area contributed by atoms with Crippen LogP contribution in [0.2, 0.25) is 0 Å². The molecule has 23 heavy (non-hydrogen) atoms. The standard InChI is InChI=1S/C16H21BrN2O4/c1-3-13(17)15(21)18-9-8-14(20)19-12-7-5-6-11(10-12)16(22)23-4-2/h5-7,10,13H,3-4,8-9H2,1-2H3,(H,18,21)(H,19,20)/t13-/m0/s1. The smallest absolute Gasteiger partial charge is 0.338 e. The Balaban J connectivity index is 2.47. The lowest BCUT2D eigenvalue weighted by atomic mass is 10.2. The van der Waals surface area contributed by atoms with E-state index in [1.165, 1.54) is 0 Å². The molecule has 1 atom stereocenters. The molecule has 0 radical (unpaired) electrons. The molecule has 0 fully saturated rings. The van der Waals surface area contributed by atoms with Crippen molar-refractivity contribution in [3.8, 4) is 0 Å². The quantitative estimate of drug-likeness (QED) is 0.532. The molecule has 0 aromatic heterocycles. The molecule has 0 saturated heterocycles. The third-order valence-electron chi connectivity index (χ3n) is 2.95. The number of carbonyl (C=O) groups excluding carboxylic acids is 3. The van der Waals surface area contributed by atoms with Gasteiger partial charge in [-0.2, -0.15) is 0 Å². The Bertz CT molecular complexity index is 563. The number of alkyl halides is 1. The van der Waals surface area contributed by atoms with E-state index in [-0.39, 0.29) is 29.6 Å². The fourth-order valence-electron chi connectivity index (χ4n) is 1.76. The Hall–Kier alpha value is -1.89. The highest BCUT2D eigenvalue weighted by Crippen LogP contribution is 2.12. The predicted octanol–water partition coefficient (Wildman–Crippen LogP) is 2.48. The Morgan fingerprint density at radius 1 is 1.26 bits per heavy atom. The van der Waals surface area contributed by atoms with Gasteiger partial charge in [-0.15, -0.1) is 0 Å². The molecule has 0 aliphatic heterocycles. The topological polar surface area (TPSA) is 84.5 Å². The number of ether oxygens (including phenoxy) is 1. The van der Waals surface area contributed by atoms with Crippen LogP contribution < -0.4 is 10.6 Å². The van der Waals surface area contributed by atoms with Gasteiger partial charge in [0.15, 0.2) is 0 Å². The lowest BCUT2D eigenvalue weighted by molar-refractivity contribution is -0.120. The van der Waals surface area contributed by atoms with Gasteiger partial charge in [-0.1, -0.05) is 28.9 Å². The zero-order valence-electron chi connectivity index (χ0n) is 13.2. The van der Waals surface area contributed by atoms with Crippen molar-refractivity contribution in [1.29, 1.82) is 0 Å². The number of esters is 1. The Morgan fingerprint density at radius 2 is 2.00 bits per heavy atom. The lowest BCUT2D eigenvalue weighted by Crippen LogP contribution is -2.33. The highest BCUT2D eigenvalue weighted by atomic mass is 79.9. The van der Waals surface area contributed by atoms with Crippen LogP contribution in [-0.4, -0.2) is 35.8 Å². The third kappa shape index (κ3) is 6.81. The second kappa shape index (κ2) is 9.99. The van der Waals surface area contributed by atoms with E-state index in [1.807, 2.05) is 6.92 Å². The second-order valence-corrected chi connectivity index (χ2v) is 5.87. The van der Waals surface area contributed by atoms with Crippen LogP contribution in [0.15, 0.2) is 24.3 Å². The molecule has 1 aromatic rings. The molecule has 0 heterocycles. The normalized spacial score (nSPS) is 11.4. The Morgan fingerprint density at radius 3 is 2.65 bits per heavy atom. The summed E-state index contributed by atoms with van der Waals surface area (Å²) in [4.78, 5) is 34.8. The van der Waals surface area contributed by atoms with Crippen LogP contribution in [0.4, 0.5) is 5.69 Å². The van der Waals surface area contributed by atoms with Crippen molar-refractivity contribution in [3.63, 3.8) is 0 Å². The first-order chi connectivity index (χ1) is 11.0. The van der Waals surface area contributed by atoms with Crippen molar-refractivity contribution >= 4 is 39.4 Å². The number of hydrogen-bond donors (Lipinski definition) is 2. The first-order valence-electron chi connectivity index (χ1n) is 7.46. The van der Waals surface area contributed by atoms with E-state index in [0.717, 1.165) is 0 Å². The molecular weight excluding hydrogens is 364 g/mol. The molecule has 0 spiro atoms. The minimum absolute atomic E-state index is 0.135. The summed E-state index contributed by atoms with van der Waals surface area (Å²) in [6, 6.07) is 6.53. The summed E-state index contributed by atoms with van der Waals surface area (Å²) in [5, 5.41) is 5.36. The summed E-state index contributed by atoms with van der Waals surface area (Å²) in [5.74, 6) is -0.808. The Kier molecular flexibility index (Phi) is 8.32. The molecule has 2 amide bonds. The van der Waals surface area contributed by atoms with Crippen molar-refractivity contribution in [3.05, 3.63) is 29.8 Å². The van der Waals surface area contributed by atoms with Crippen LogP contribution in [-0.2, 0) is 14.3 Å². The maximum atomic E-state index is 11.8. The zero-order valence-corrected chi connectivity index (χ0v) is 14.8. The molecule has 1 aromatic carbocycles. The van der Waals surface area contributed by atoms with Gasteiger partial charge in [-0.05, 0) is 31.5 Å². The van der Waals surface area contributed by atoms with Gasteiger partial charge >= 0.3 is 5.97 Å². The highest BCUT2D eigenvalue weighted by molar-refractivity contribution is 9.10. The summed E-state index contributed by atoms with van der Waals surface area (Å²) in [6.07, 6.45) is 0.831. The van der Waals surface area contributed by atoms with Gasteiger partial charge in [0.05, 0.1) is 17.0 Å². The minimum Gasteiger partial charge on any atom is -0.462 e. The van der Waals surface area contributed by atoms with Crippen molar-refractivity contribution in [2.75, 3.05) is 18.5 Å². The average Bonchev–Trinajstić information content (AvgIpc) is 2.54. The first kappa shape index (κ1) is 19.2. The van der Waals surface area contributed by atoms with Gasteiger partial charge in [-0.3, -0.25) is 9.59 Å². The van der Waals surface area contributed by atoms with E-state index in [1.54, 1.807) is 31.2 Å². The lowest BCUT2D eigenvalue weighted by Gasteiger charge is -2.09. The Labute approximate surface area is 144 Å².